The van der Waals surface area contributed by atoms with Crippen molar-refractivity contribution in [3.05, 3.63) is 101 Å². The molecule has 0 saturated carbocycles. The molecule has 0 heterocycles. The van der Waals surface area contributed by atoms with Crippen LogP contribution >= 0.6 is 11.8 Å². The Hall–Kier alpha value is -3.05. The summed E-state index contributed by atoms with van der Waals surface area (Å²) in [5.41, 5.74) is 7.64. The molecule has 2 amide bonds. The van der Waals surface area contributed by atoms with Crippen LogP contribution in [0.4, 0.5) is 5.69 Å². The number of carbonyl (C=O) groups is 2. The molecule has 5 heteroatoms. The molecule has 168 valence electrons. The maximum absolute atomic E-state index is 12.5. The van der Waals surface area contributed by atoms with Gasteiger partial charge in [-0.25, -0.2) is 0 Å². The fourth-order valence-corrected chi connectivity index (χ4v) is 5.97. The minimum absolute atomic E-state index is 0.00819. The first kappa shape index (κ1) is 21.8. The summed E-state index contributed by atoms with van der Waals surface area (Å²) >= 11 is 1.35. The van der Waals surface area contributed by atoms with Crippen LogP contribution in [0.3, 0.4) is 0 Å². The third-order valence-corrected chi connectivity index (χ3v) is 7.72. The largest absolute Gasteiger partial charge is 0.355 e. The van der Waals surface area contributed by atoms with Crippen molar-refractivity contribution in [3.63, 3.8) is 0 Å². The number of carbonyl (C=O) groups excluding carboxylic acids is 2. The smallest absolute Gasteiger partial charge is 0.234 e. The third-order valence-electron chi connectivity index (χ3n) is 6.79. The van der Waals surface area contributed by atoms with Crippen molar-refractivity contribution >= 4 is 29.3 Å². The minimum atomic E-state index is -0.0885. The first-order valence-electron chi connectivity index (χ1n) is 11.5. The lowest BCUT2D eigenvalue weighted by Crippen LogP contribution is -2.39. The highest BCUT2D eigenvalue weighted by atomic mass is 32.2. The SMILES string of the molecule is Cc1ccc(NC(=O)CSCC(=O)NCC2CC3c4ccccc4C2c2ccccc23)cc1. The Balaban J connectivity index is 1.14. The number of thioether (sulfide) groups is 1. The van der Waals surface area contributed by atoms with E-state index in [4.69, 9.17) is 0 Å². The molecule has 6 rings (SSSR count). The summed E-state index contributed by atoms with van der Waals surface area (Å²) in [6, 6.07) is 25.2. The van der Waals surface area contributed by atoms with Crippen molar-refractivity contribution in [3.8, 4) is 0 Å². The molecule has 2 bridgehead atoms. The lowest BCUT2D eigenvalue weighted by Gasteiger charge is -2.45. The molecular formula is C28H28N2O2S. The van der Waals surface area contributed by atoms with Gasteiger partial charge in [0.15, 0.2) is 0 Å². The third kappa shape index (κ3) is 4.55. The molecule has 0 saturated heterocycles. The van der Waals surface area contributed by atoms with E-state index < -0.39 is 0 Å². The fraction of sp³-hybridized carbons (Fsp3) is 0.286. The van der Waals surface area contributed by atoms with E-state index in [0.717, 1.165) is 17.7 Å². The van der Waals surface area contributed by atoms with E-state index in [1.807, 2.05) is 31.2 Å². The lowest BCUT2D eigenvalue weighted by molar-refractivity contribution is -0.118. The van der Waals surface area contributed by atoms with Crippen LogP contribution in [-0.4, -0.2) is 29.9 Å². The van der Waals surface area contributed by atoms with Gasteiger partial charge in [0.05, 0.1) is 11.5 Å². The van der Waals surface area contributed by atoms with E-state index in [-0.39, 0.29) is 23.3 Å². The van der Waals surface area contributed by atoms with Gasteiger partial charge in [-0.1, -0.05) is 66.2 Å². The average Bonchev–Trinajstić information content (AvgIpc) is 2.84. The zero-order valence-corrected chi connectivity index (χ0v) is 19.5. The summed E-state index contributed by atoms with van der Waals surface area (Å²) in [7, 11) is 0. The molecule has 3 aromatic carbocycles. The van der Waals surface area contributed by atoms with Gasteiger partial charge in [-0.05, 0) is 53.6 Å². The van der Waals surface area contributed by atoms with Gasteiger partial charge in [-0.15, -0.1) is 11.8 Å². The zero-order valence-electron chi connectivity index (χ0n) is 18.7. The van der Waals surface area contributed by atoms with Crippen molar-refractivity contribution in [2.24, 2.45) is 5.92 Å². The van der Waals surface area contributed by atoms with Gasteiger partial charge in [-0.3, -0.25) is 9.59 Å². The predicted molar refractivity (Wildman–Crippen MR) is 135 cm³/mol. The number of amides is 2. The summed E-state index contributed by atoms with van der Waals surface area (Å²) in [4.78, 5) is 24.6. The van der Waals surface area contributed by atoms with Crippen LogP contribution in [0.5, 0.6) is 0 Å². The second kappa shape index (κ2) is 9.44. The molecule has 0 fully saturated rings. The van der Waals surface area contributed by atoms with Gasteiger partial charge in [-0.2, -0.15) is 0 Å². The summed E-state index contributed by atoms with van der Waals surface area (Å²) in [5.74, 6) is 1.57. The molecule has 2 N–H and O–H groups in total. The van der Waals surface area contributed by atoms with Crippen molar-refractivity contribution < 1.29 is 9.59 Å². The van der Waals surface area contributed by atoms with E-state index in [1.165, 1.54) is 34.0 Å². The number of hydrogen-bond acceptors (Lipinski definition) is 3. The van der Waals surface area contributed by atoms with E-state index in [1.54, 1.807) is 0 Å². The standard InChI is InChI=1S/C28H28N2O2S/c1-18-10-12-20(13-11-18)30-27(32)17-33-16-26(31)29-15-19-14-25-21-6-2-4-8-23(21)28(19)24-9-5-3-7-22(24)25/h2-13,19,25,28H,14-17H2,1H3,(H,29,31)(H,30,32). The zero-order chi connectivity index (χ0) is 22.8. The number of hydrogen-bond donors (Lipinski definition) is 2. The van der Waals surface area contributed by atoms with E-state index in [2.05, 4.69) is 59.2 Å². The Morgan fingerprint density at radius 3 is 2.03 bits per heavy atom. The average molecular weight is 457 g/mol. The minimum Gasteiger partial charge on any atom is -0.355 e. The van der Waals surface area contributed by atoms with Gasteiger partial charge in [0.1, 0.15) is 0 Å². The monoisotopic (exact) mass is 456 g/mol. The molecule has 4 nitrogen and oxygen atoms in total. The summed E-state index contributed by atoms with van der Waals surface area (Å²) in [6.45, 7) is 2.68. The number of fused-ring (bicyclic) bond motifs is 1. The van der Waals surface area contributed by atoms with Crippen LogP contribution in [0.15, 0.2) is 72.8 Å². The lowest BCUT2D eigenvalue weighted by atomic mass is 9.59. The van der Waals surface area contributed by atoms with Crippen molar-refractivity contribution in [2.45, 2.75) is 25.2 Å². The van der Waals surface area contributed by atoms with Crippen molar-refractivity contribution in [2.75, 3.05) is 23.4 Å². The van der Waals surface area contributed by atoms with Crippen LogP contribution in [0.25, 0.3) is 0 Å². The Morgan fingerprint density at radius 2 is 1.39 bits per heavy atom. The summed E-state index contributed by atoms with van der Waals surface area (Å²) in [6.07, 6.45) is 1.06. The number of rotatable bonds is 7. The summed E-state index contributed by atoms with van der Waals surface area (Å²) in [5, 5.41) is 6.01. The molecular weight excluding hydrogens is 428 g/mol. The number of anilines is 1. The van der Waals surface area contributed by atoms with Crippen LogP contribution in [0.1, 0.15) is 46.1 Å². The van der Waals surface area contributed by atoms with Crippen molar-refractivity contribution in [1.29, 1.82) is 0 Å². The van der Waals surface area contributed by atoms with Gasteiger partial charge in [0, 0.05) is 24.1 Å². The van der Waals surface area contributed by atoms with Crippen LogP contribution < -0.4 is 10.6 Å². The maximum Gasteiger partial charge on any atom is 0.234 e. The Bertz CT molecular complexity index is 1130. The molecule has 0 aliphatic heterocycles. The normalized spacial score (nSPS) is 20.0. The molecule has 3 aliphatic rings. The Morgan fingerprint density at radius 1 is 0.818 bits per heavy atom. The molecule has 1 atom stereocenters. The first-order chi connectivity index (χ1) is 16.1. The first-order valence-corrected chi connectivity index (χ1v) is 12.6. The molecule has 0 spiro atoms. The van der Waals surface area contributed by atoms with E-state index in [0.29, 0.717) is 24.3 Å². The molecule has 3 aromatic rings. The van der Waals surface area contributed by atoms with Crippen molar-refractivity contribution in [1.82, 2.24) is 5.32 Å². The predicted octanol–water partition coefficient (Wildman–Crippen LogP) is 5.08. The highest BCUT2D eigenvalue weighted by molar-refractivity contribution is 8.00. The second-order valence-electron chi connectivity index (χ2n) is 8.99. The van der Waals surface area contributed by atoms with Crippen LogP contribution in [-0.2, 0) is 9.59 Å². The second-order valence-corrected chi connectivity index (χ2v) is 9.98. The number of benzene rings is 3. The van der Waals surface area contributed by atoms with Crippen LogP contribution in [0, 0.1) is 12.8 Å². The molecule has 33 heavy (non-hydrogen) atoms. The van der Waals surface area contributed by atoms with Gasteiger partial charge in [0.25, 0.3) is 0 Å². The number of aryl methyl sites for hydroxylation is 1. The maximum atomic E-state index is 12.5. The van der Waals surface area contributed by atoms with Gasteiger partial charge >= 0.3 is 0 Å². The Labute approximate surface area is 199 Å². The Kier molecular flexibility index (Phi) is 6.23. The van der Waals surface area contributed by atoms with E-state index >= 15 is 0 Å². The fourth-order valence-electron chi connectivity index (χ4n) is 5.33. The summed E-state index contributed by atoms with van der Waals surface area (Å²) < 4.78 is 0. The molecule has 3 aliphatic carbocycles. The van der Waals surface area contributed by atoms with Crippen LogP contribution in [0.2, 0.25) is 0 Å². The topological polar surface area (TPSA) is 58.2 Å². The quantitative estimate of drug-likeness (QED) is 0.521. The highest BCUT2D eigenvalue weighted by Crippen LogP contribution is 2.55. The van der Waals surface area contributed by atoms with Gasteiger partial charge in [0.2, 0.25) is 11.8 Å². The molecule has 1 unspecified atom stereocenters. The molecule has 0 radical (unpaired) electrons. The van der Waals surface area contributed by atoms with Gasteiger partial charge < -0.3 is 10.6 Å². The van der Waals surface area contributed by atoms with E-state index in [9.17, 15) is 9.59 Å². The highest BCUT2D eigenvalue weighted by Gasteiger charge is 2.42. The number of nitrogens with one attached hydrogen (secondary N) is 2. The molecule has 0 aromatic heterocycles.